The molecule has 3 N–H and O–H groups in total. The van der Waals surface area contributed by atoms with Crippen LogP contribution in [-0.2, 0) is 14.9 Å². The number of ether oxygens (including phenoxy) is 1. The lowest BCUT2D eigenvalue weighted by Crippen LogP contribution is -2.36. The maximum Gasteiger partial charge on any atom is 0.422 e. The molecule has 0 radical (unpaired) electrons. The van der Waals surface area contributed by atoms with Gasteiger partial charge in [0.05, 0.1) is 17.2 Å². The van der Waals surface area contributed by atoms with Gasteiger partial charge in [-0.05, 0) is 13.8 Å². The van der Waals surface area contributed by atoms with E-state index in [2.05, 4.69) is 26.3 Å². The van der Waals surface area contributed by atoms with Crippen LogP contribution < -0.4 is 9.44 Å². The molecule has 110 valence electrons. The molecule has 0 bridgehead atoms. The molecule has 1 aromatic rings. The summed E-state index contributed by atoms with van der Waals surface area (Å²) in [5.74, 6) is 4.98. The molecule has 0 unspecified atom stereocenters. The number of nitrogens with one attached hydrogen (secondary N) is 2. The van der Waals surface area contributed by atoms with Crippen LogP contribution in [0.25, 0.3) is 0 Å². The molecule has 0 saturated heterocycles. The Hall–Kier alpha value is -1.83. The van der Waals surface area contributed by atoms with Gasteiger partial charge in [0, 0.05) is 0 Å². The van der Waals surface area contributed by atoms with Crippen LogP contribution in [0.1, 0.15) is 18.7 Å². The van der Waals surface area contributed by atoms with Gasteiger partial charge in [-0.3, -0.25) is 0 Å². The van der Waals surface area contributed by atoms with Gasteiger partial charge in [0.25, 0.3) is 0 Å². The van der Waals surface area contributed by atoms with Crippen molar-refractivity contribution in [3.8, 4) is 11.8 Å². The fraction of sp³-hybridized carbons (Fsp3) is 0.400. The van der Waals surface area contributed by atoms with Gasteiger partial charge < -0.3 is 9.84 Å². The number of aliphatic hydroxyl groups is 1. The Morgan fingerprint density at radius 3 is 2.90 bits per heavy atom. The molecular formula is C10H13N3O5S2. The summed E-state index contributed by atoms with van der Waals surface area (Å²) in [5.41, 5.74) is 0. The van der Waals surface area contributed by atoms with E-state index in [9.17, 15) is 13.2 Å². The Morgan fingerprint density at radius 1 is 1.60 bits per heavy atom. The van der Waals surface area contributed by atoms with Crippen LogP contribution in [0.4, 0.5) is 9.93 Å². The number of amides is 1. The largest absolute Gasteiger partial charge is 0.446 e. The third-order valence-corrected chi connectivity index (χ3v) is 3.43. The molecule has 0 aliphatic heterocycles. The summed E-state index contributed by atoms with van der Waals surface area (Å²) in [5, 5.41) is 8.57. The first-order valence-electron chi connectivity index (χ1n) is 5.39. The van der Waals surface area contributed by atoms with Crippen molar-refractivity contribution in [2.75, 3.05) is 11.3 Å². The molecule has 1 amide bonds. The molecule has 0 aliphatic carbocycles. The van der Waals surface area contributed by atoms with E-state index in [1.165, 1.54) is 6.20 Å². The number of carbonyl (C=O) groups is 1. The van der Waals surface area contributed by atoms with Gasteiger partial charge in [0.15, 0.2) is 5.13 Å². The maximum absolute atomic E-state index is 11.6. The minimum atomic E-state index is -4.11. The first-order chi connectivity index (χ1) is 9.32. The Bertz CT molecular complexity index is 627. The third kappa shape index (κ3) is 5.87. The Morgan fingerprint density at radius 2 is 2.30 bits per heavy atom. The van der Waals surface area contributed by atoms with Crippen molar-refractivity contribution in [2.45, 2.75) is 20.0 Å². The number of hydrogen-bond donors (Lipinski definition) is 3. The van der Waals surface area contributed by atoms with Crippen molar-refractivity contribution in [1.29, 1.82) is 0 Å². The number of hydrogen-bond acceptors (Lipinski definition) is 7. The van der Waals surface area contributed by atoms with Crippen molar-refractivity contribution in [3.63, 3.8) is 0 Å². The van der Waals surface area contributed by atoms with Crippen LogP contribution in [-0.4, -0.2) is 37.3 Å². The predicted molar refractivity (Wildman–Crippen MR) is 73.4 cm³/mol. The van der Waals surface area contributed by atoms with Crippen molar-refractivity contribution in [3.05, 3.63) is 11.1 Å². The minimum absolute atomic E-state index is 0.0390. The molecule has 1 heterocycles. The Labute approximate surface area is 120 Å². The molecule has 0 saturated carbocycles. The fourth-order valence-electron chi connectivity index (χ4n) is 0.994. The van der Waals surface area contributed by atoms with Gasteiger partial charge in [0.1, 0.15) is 6.61 Å². The fourth-order valence-corrected chi connectivity index (χ4v) is 2.63. The van der Waals surface area contributed by atoms with Crippen LogP contribution in [0.3, 0.4) is 0 Å². The molecule has 0 spiro atoms. The van der Waals surface area contributed by atoms with Crippen molar-refractivity contribution in [2.24, 2.45) is 0 Å². The summed E-state index contributed by atoms with van der Waals surface area (Å²) in [6, 6.07) is 0. The van der Waals surface area contributed by atoms with E-state index < -0.39 is 22.4 Å². The highest BCUT2D eigenvalue weighted by molar-refractivity contribution is 7.91. The lowest BCUT2D eigenvalue weighted by Gasteiger charge is -2.09. The van der Waals surface area contributed by atoms with Gasteiger partial charge in [-0.1, -0.05) is 23.2 Å². The summed E-state index contributed by atoms with van der Waals surface area (Å²) in [4.78, 5) is 15.4. The standard InChI is InChI=1S/C10H13N3O5S2/c1-7(2)18-10(15)13-20(16,17)12-9-11-6-8(19-9)4-3-5-14/h6-7,14H,5H2,1-2H3,(H,11,12)(H,13,15). The van der Waals surface area contributed by atoms with Crippen molar-refractivity contribution >= 4 is 32.8 Å². The quantitative estimate of drug-likeness (QED) is 0.686. The zero-order chi connectivity index (χ0) is 15.2. The highest BCUT2D eigenvalue weighted by Gasteiger charge is 2.17. The van der Waals surface area contributed by atoms with Gasteiger partial charge in [-0.25, -0.2) is 19.2 Å². The molecule has 1 aromatic heterocycles. The molecule has 20 heavy (non-hydrogen) atoms. The number of aromatic nitrogens is 1. The van der Waals surface area contributed by atoms with Gasteiger partial charge in [-0.2, -0.15) is 8.42 Å². The Balaban J connectivity index is 2.66. The number of carbonyl (C=O) groups excluding carboxylic acids is 1. The predicted octanol–water partition coefficient (Wildman–Crippen LogP) is 0.278. The second kappa shape index (κ2) is 7.09. The molecule has 0 fully saturated rings. The normalized spacial score (nSPS) is 10.6. The van der Waals surface area contributed by atoms with E-state index >= 15 is 0 Å². The monoisotopic (exact) mass is 319 g/mol. The smallest absolute Gasteiger partial charge is 0.422 e. The van der Waals surface area contributed by atoms with E-state index in [0.717, 1.165) is 11.3 Å². The van der Waals surface area contributed by atoms with E-state index in [1.807, 2.05) is 0 Å². The Kier molecular flexibility index (Phi) is 5.75. The van der Waals surface area contributed by atoms with E-state index in [0.29, 0.717) is 4.88 Å². The number of rotatable bonds is 4. The second-order valence-corrected chi connectivity index (χ2v) is 6.10. The lowest BCUT2D eigenvalue weighted by molar-refractivity contribution is 0.121. The molecule has 1 rings (SSSR count). The molecule has 8 nitrogen and oxygen atoms in total. The zero-order valence-electron chi connectivity index (χ0n) is 10.7. The van der Waals surface area contributed by atoms with Gasteiger partial charge in [0.2, 0.25) is 0 Å². The third-order valence-electron chi connectivity index (χ3n) is 1.58. The van der Waals surface area contributed by atoms with Crippen LogP contribution in [0.2, 0.25) is 0 Å². The highest BCUT2D eigenvalue weighted by Crippen LogP contribution is 2.17. The molecule has 10 heteroatoms. The lowest BCUT2D eigenvalue weighted by atomic mass is 10.5. The molecule has 0 atom stereocenters. The molecule has 0 aliphatic rings. The van der Waals surface area contributed by atoms with Crippen LogP contribution in [0.15, 0.2) is 6.20 Å². The first-order valence-corrected chi connectivity index (χ1v) is 7.69. The number of aliphatic hydroxyl groups excluding tert-OH is 1. The summed E-state index contributed by atoms with van der Waals surface area (Å²) < 4.78 is 31.5. The first kappa shape index (κ1) is 16.2. The minimum Gasteiger partial charge on any atom is -0.446 e. The SMILES string of the molecule is CC(C)OC(=O)NS(=O)(=O)Nc1ncc(C#CCO)s1. The summed E-state index contributed by atoms with van der Waals surface area (Å²) in [6.45, 7) is 2.88. The molecular weight excluding hydrogens is 306 g/mol. The van der Waals surface area contributed by atoms with Crippen LogP contribution in [0.5, 0.6) is 0 Å². The summed E-state index contributed by atoms with van der Waals surface area (Å²) in [6.07, 6.45) is -0.174. The van der Waals surface area contributed by atoms with Crippen LogP contribution in [0, 0.1) is 11.8 Å². The highest BCUT2D eigenvalue weighted by atomic mass is 32.2. The zero-order valence-corrected chi connectivity index (χ0v) is 12.3. The van der Waals surface area contributed by atoms with E-state index in [1.54, 1.807) is 18.6 Å². The van der Waals surface area contributed by atoms with Gasteiger partial charge in [-0.15, -0.1) is 0 Å². The summed E-state index contributed by atoms with van der Waals surface area (Å²) >= 11 is 0.962. The number of thiazole rings is 1. The topological polar surface area (TPSA) is 118 Å². The van der Waals surface area contributed by atoms with Crippen molar-refractivity contribution in [1.82, 2.24) is 9.71 Å². The molecule has 0 aromatic carbocycles. The van der Waals surface area contributed by atoms with E-state index in [4.69, 9.17) is 5.11 Å². The summed E-state index contributed by atoms with van der Waals surface area (Å²) in [7, 11) is -4.11. The maximum atomic E-state index is 11.6. The second-order valence-electron chi connectivity index (χ2n) is 3.65. The average Bonchev–Trinajstić information content (AvgIpc) is 2.70. The number of anilines is 1. The van der Waals surface area contributed by atoms with Gasteiger partial charge >= 0.3 is 16.3 Å². The van der Waals surface area contributed by atoms with Crippen molar-refractivity contribution < 1.29 is 23.1 Å². The number of nitrogens with zero attached hydrogens (tertiary/aromatic N) is 1. The van der Waals surface area contributed by atoms with Crippen LogP contribution >= 0.6 is 11.3 Å². The van der Waals surface area contributed by atoms with E-state index in [-0.39, 0.29) is 11.7 Å². The average molecular weight is 319 g/mol.